The first-order valence-corrected chi connectivity index (χ1v) is 8.53. The first-order chi connectivity index (χ1) is 10.8. The van der Waals surface area contributed by atoms with E-state index in [4.69, 9.17) is 18.0 Å². The Morgan fingerprint density at radius 2 is 1.73 bits per heavy atom. The summed E-state index contributed by atoms with van der Waals surface area (Å²) >= 11 is 5.46. The SMILES string of the molecule is NC(=S)C(c1ccccn1)c1c2c(cc3c1CCC3)CCC2. The molecule has 22 heavy (non-hydrogen) atoms. The van der Waals surface area contributed by atoms with E-state index >= 15 is 0 Å². The highest BCUT2D eigenvalue weighted by Crippen LogP contribution is 2.40. The predicted molar refractivity (Wildman–Crippen MR) is 93.4 cm³/mol. The lowest BCUT2D eigenvalue weighted by Gasteiger charge is -2.23. The highest BCUT2D eigenvalue weighted by atomic mass is 32.1. The second kappa shape index (κ2) is 5.47. The number of aromatic nitrogens is 1. The Bertz CT molecular complexity index is 705. The standard InChI is InChI=1S/C19H20N2S/c20-19(22)18(16-9-1-2-10-21-16)17-14-7-3-5-12(14)11-13-6-4-8-15(13)17/h1-2,9-11,18H,3-8H2,(H2,20,22). The molecule has 1 unspecified atom stereocenters. The third-order valence-corrected chi connectivity index (χ3v) is 5.31. The van der Waals surface area contributed by atoms with E-state index in [9.17, 15) is 0 Å². The zero-order valence-corrected chi connectivity index (χ0v) is 13.5. The number of thiocarbonyl (C=S) groups is 1. The number of hydrogen-bond acceptors (Lipinski definition) is 2. The summed E-state index contributed by atoms with van der Waals surface area (Å²) in [6.07, 6.45) is 9.04. The molecule has 1 atom stereocenters. The molecule has 0 radical (unpaired) electrons. The summed E-state index contributed by atoms with van der Waals surface area (Å²) in [4.78, 5) is 5.11. The molecule has 0 spiro atoms. The number of rotatable bonds is 3. The molecule has 0 aliphatic heterocycles. The fraction of sp³-hybridized carbons (Fsp3) is 0.368. The summed E-state index contributed by atoms with van der Waals surface area (Å²) in [7, 11) is 0. The molecule has 2 aliphatic rings. The van der Waals surface area contributed by atoms with Gasteiger partial charge >= 0.3 is 0 Å². The Hall–Kier alpha value is -1.74. The maximum Gasteiger partial charge on any atom is 0.0864 e. The van der Waals surface area contributed by atoms with Gasteiger partial charge in [-0.1, -0.05) is 24.4 Å². The van der Waals surface area contributed by atoms with Crippen molar-refractivity contribution in [1.82, 2.24) is 4.98 Å². The van der Waals surface area contributed by atoms with Crippen molar-refractivity contribution in [2.24, 2.45) is 5.73 Å². The highest BCUT2D eigenvalue weighted by Gasteiger charge is 2.30. The number of nitrogens with two attached hydrogens (primary N) is 1. The topological polar surface area (TPSA) is 38.9 Å². The van der Waals surface area contributed by atoms with Crippen molar-refractivity contribution < 1.29 is 0 Å². The molecule has 2 nitrogen and oxygen atoms in total. The summed E-state index contributed by atoms with van der Waals surface area (Å²) in [5.41, 5.74) is 14.6. The van der Waals surface area contributed by atoms with Crippen LogP contribution in [0.4, 0.5) is 0 Å². The van der Waals surface area contributed by atoms with E-state index in [2.05, 4.69) is 17.1 Å². The molecule has 0 bridgehead atoms. The van der Waals surface area contributed by atoms with Crippen LogP contribution in [0.2, 0.25) is 0 Å². The molecule has 2 aliphatic carbocycles. The molecule has 3 heteroatoms. The number of pyridine rings is 1. The normalized spacial score (nSPS) is 17.1. The van der Waals surface area contributed by atoms with Gasteiger partial charge in [-0.25, -0.2) is 0 Å². The molecular weight excluding hydrogens is 288 g/mol. The lowest BCUT2D eigenvalue weighted by atomic mass is 9.84. The molecule has 2 N–H and O–H groups in total. The third-order valence-electron chi connectivity index (χ3n) is 5.08. The molecule has 1 aromatic carbocycles. The average molecular weight is 308 g/mol. The summed E-state index contributed by atoms with van der Waals surface area (Å²) in [5.74, 6) is -0.0314. The predicted octanol–water partition coefficient (Wildman–Crippen LogP) is 3.48. The number of hydrogen-bond donors (Lipinski definition) is 1. The van der Waals surface area contributed by atoms with Gasteiger partial charge in [0, 0.05) is 6.20 Å². The van der Waals surface area contributed by atoms with Crippen molar-refractivity contribution in [3.8, 4) is 0 Å². The molecule has 0 saturated heterocycles. The van der Waals surface area contributed by atoms with E-state index in [1.165, 1.54) is 53.5 Å². The first-order valence-electron chi connectivity index (χ1n) is 8.12. The lowest BCUT2D eigenvalue weighted by molar-refractivity contribution is 0.876. The van der Waals surface area contributed by atoms with Crippen LogP contribution in [0.1, 0.15) is 52.3 Å². The van der Waals surface area contributed by atoms with Crippen molar-refractivity contribution in [3.05, 3.63) is 64.0 Å². The Morgan fingerprint density at radius 3 is 2.27 bits per heavy atom. The maximum atomic E-state index is 6.18. The summed E-state index contributed by atoms with van der Waals surface area (Å²) in [5, 5.41) is 0. The van der Waals surface area contributed by atoms with Gasteiger partial charge in [-0.2, -0.15) is 0 Å². The number of nitrogens with zero attached hydrogens (tertiary/aromatic N) is 1. The smallest absolute Gasteiger partial charge is 0.0864 e. The van der Waals surface area contributed by atoms with Gasteiger partial charge < -0.3 is 5.73 Å². The molecule has 1 aromatic heterocycles. The lowest BCUT2D eigenvalue weighted by Crippen LogP contribution is -2.24. The molecule has 1 heterocycles. The number of benzene rings is 1. The Kier molecular flexibility index (Phi) is 3.45. The maximum absolute atomic E-state index is 6.18. The summed E-state index contributed by atoms with van der Waals surface area (Å²) in [6.45, 7) is 0. The first kappa shape index (κ1) is 13.9. The van der Waals surface area contributed by atoms with Crippen LogP contribution in [0.15, 0.2) is 30.5 Å². The van der Waals surface area contributed by atoms with Crippen LogP contribution < -0.4 is 5.73 Å². The van der Waals surface area contributed by atoms with Gasteiger partial charge in [0.05, 0.1) is 16.6 Å². The fourth-order valence-electron chi connectivity index (χ4n) is 4.19. The van der Waals surface area contributed by atoms with Crippen LogP contribution in [0, 0.1) is 0 Å². The van der Waals surface area contributed by atoms with E-state index < -0.39 is 0 Å². The quantitative estimate of drug-likeness (QED) is 0.882. The van der Waals surface area contributed by atoms with E-state index in [0.29, 0.717) is 4.99 Å². The molecular formula is C19H20N2S. The zero-order chi connectivity index (χ0) is 15.1. The van der Waals surface area contributed by atoms with Crippen LogP contribution in [-0.2, 0) is 25.7 Å². The van der Waals surface area contributed by atoms with Gasteiger partial charge in [0.2, 0.25) is 0 Å². The van der Waals surface area contributed by atoms with Crippen LogP contribution in [-0.4, -0.2) is 9.97 Å². The van der Waals surface area contributed by atoms with Crippen molar-refractivity contribution in [2.45, 2.75) is 44.4 Å². The second-order valence-electron chi connectivity index (χ2n) is 6.36. The van der Waals surface area contributed by atoms with Gasteiger partial charge in [0.25, 0.3) is 0 Å². The minimum Gasteiger partial charge on any atom is -0.392 e. The largest absolute Gasteiger partial charge is 0.392 e. The summed E-state index contributed by atoms with van der Waals surface area (Å²) in [6, 6.07) is 8.47. The molecule has 0 saturated carbocycles. The summed E-state index contributed by atoms with van der Waals surface area (Å²) < 4.78 is 0. The van der Waals surface area contributed by atoms with Crippen LogP contribution in [0.5, 0.6) is 0 Å². The van der Waals surface area contributed by atoms with Crippen molar-refractivity contribution >= 4 is 17.2 Å². The fourth-order valence-corrected chi connectivity index (χ4v) is 4.43. The van der Waals surface area contributed by atoms with E-state index in [1.807, 2.05) is 18.3 Å². The molecule has 0 fully saturated rings. The molecule has 4 rings (SSSR count). The highest BCUT2D eigenvalue weighted by molar-refractivity contribution is 7.80. The van der Waals surface area contributed by atoms with Gasteiger partial charge in [-0.15, -0.1) is 0 Å². The minimum atomic E-state index is -0.0314. The Morgan fingerprint density at radius 1 is 1.05 bits per heavy atom. The van der Waals surface area contributed by atoms with Crippen LogP contribution in [0.25, 0.3) is 0 Å². The van der Waals surface area contributed by atoms with E-state index in [1.54, 1.807) is 0 Å². The van der Waals surface area contributed by atoms with Gasteiger partial charge in [0.15, 0.2) is 0 Å². The van der Waals surface area contributed by atoms with Gasteiger partial charge in [-0.3, -0.25) is 4.98 Å². The number of fused-ring (bicyclic) bond motifs is 2. The van der Waals surface area contributed by atoms with Crippen molar-refractivity contribution in [2.75, 3.05) is 0 Å². The Balaban J connectivity index is 1.96. The van der Waals surface area contributed by atoms with Crippen LogP contribution in [0.3, 0.4) is 0 Å². The number of aryl methyl sites for hydroxylation is 2. The van der Waals surface area contributed by atoms with Crippen molar-refractivity contribution in [1.29, 1.82) is 0 Å². The minimum absolute atomic E-state index is 0.0314. The monoisotopic (exact) mass is 308 g/mol. The molecule has 0 amide bonds. The Labute approximate surface area is 136 Å². The molecule has 112 valence electrons. The van der Waals surface area contributed by atoms with Gasteiger partial charge in [-0.05, 0) is 78.5 Å². The molecule has 2 aromatic rings. The van der Waals surface area contributed by atoms with Crippen LogP contribution >= 0.6 is 12.2 Å². The third kappa shape index (κ3) is 2.15. The van der Waals surface area contributed by atoms with Gasteiger partial charge in [0.1, 0.15) is 0 Å². The van der Waals surface area contributed by atoms with E-state index in [-0.39, 0.29) is 5.92 Å². The second-order valence-corrected chi connectivity index (χ2v) is 6.83. The van der Waals surface area contributed by atoms with Crippen molar-refractivity contribution in [3.63, 3.8) is 0 Å². The average Bonchev–Trinajstić information content (AvgIpc) is 3.16. The zero-order valence-electron chi connectivity index (χ0n) is 12.6. The van der Waals surface area contributed by atoms with E-state index in [0.717, 1.165) is 18.5 Å².